The number of aryl methyl sites for hydroxylation is 1. The van der Waals surface area contributed by atoms with Crippen LogP contribution in [0.4, 0.5) is 5.69 Å². The summed E-state index contributed by atoms with van der Waals surface area (Å²) in [5, 5.41) is 5.66. The van der Waals surface area contributed by atoms with Crippen molar-refractivity contribution in [1.29, 1.82) is 0 Å². The number of aromatic nitrogens is 1. The van der Waals surface area contributed by atoms with Crippen molar-refractivity contribution in [1.82, 2.24) is 10.3 Å². The minimum Gasteiger partial charge on any atom is -0.441 e. The van der Waals surface area contributed by atoms with Crippen molar-refractivity contribution in [2.75, 3.05) is 19.0 Å². The van der Waals surface area contributed by atoms with Crippen LogP contribution in [0.15, 0.2) is 52.9 Å². The van der Waals surface area contributed by atoms with Gasteiger partial charge in [0, 0.05) is 23.9 Å². The molecule has 0 fully saturated rings. The Bertz CT molecular complexity index is 1070. The van der Waals surface area contributed by atoms with Crippen molar-refractivity contribution >= 4 is 17.5 Å². The number of rotatable bonds is 9. The highest BCUT2D eigenvalue weighted by atomic mass is 16.5. The number of carbonyl (C=O) groups is 2. The molecule has 1 aromatic heterocycles. The fraction of sp³-hybridized carbons (Fsp3) is 0.320. The molecule has 0 saturated carbocycles. The number of benzene rings is 2. The first-order valence-corrected chi connectivity index (χ1v) is 10.6. The van der Waals surface area contributed by atoms with E-state index in [1.807, 2.05) is 43.3 Å². The summed E-state index contributed by atoms with van der Waals surface area (Å²) < 4.78 is 10.6. The van der Waals surface area contributed by atoms with E-state index in [0.29, 0.717) is 34.5 Å². The Kier molecular flexibility index (Phi) is 7.78. The van der Waals surface area contributed by atoms with Crippen LogP contribution in [0, 0.1) is 12.8 Å². The van der Waals surface area contributed by atoms with Gasteiger partial charge in [-0.1, -0.05) is 32.0 Å². The van der Waals surface area contributed by atoms with E-state index < -0.39 is 0 Å². The fourth-order valence-corrected chi connectivity index (χ4v) is 3.30. The summed E-state index contributed by atoms with van der Waals surface area (Å²) in [6.45, 7) is 6.38. The van der Waals surface area contributed by atoms with E-state index in [0.717, 1.165) is 12.0 Å². The van der Waals surface area contributed by atoms with Gasteiger partial charge in [0.2, 0.25) is 11.8 Å². The largest absolute Gasteiger partial charge is 0.441 e. The molecule has 0 radical (unpaired) electrons. The summed E-state index contributed by atoms with van der Waals surface area (Å²) >= 11 is 0. The number of nitrogens with one attached hydrogen (secondary N) is 2. The number of methoxy groups -OCH3 is 1. The van der Waals surface area contributed by atoms with Gasteiger partial charge >= 0.3 is 0 Å². The second kappa shape index (κ2) is 10.7. The number of carbonyl (C=O) groups excluding carboxylic acids is 2. The average molecular weight is 436 g/mol. The van der Waals surface area contributed by atoms with Gasteiger partial charge in [-0.25, -0.2) is 4.98 Å². The van der Waals surface area contributed by atoms with E-state index in [1.165, 1.54) is 12.7 Å². The van der Waals surface area contributed by atoms with E-state index in [-0.39, 0.29) is 25.0 Å². The number of amides is 2. The molecule has 0 aliphatic heterocycles. The van der Waals surface area contributed by atoms with Crippen molar-refractivity contribution in [2.24, 2.45) is 5.92 Å². The van der Waals surface area contributed by atoms with E-state index in [2.05, 4.69) is 29.5 Å². The molecule has 0 bridgehead atoms. The van der Waals surface area contributed by atoms with Crippen LogP contribution >= 0.6 is 0 Å². The summed E-state index contributed by atoms with van der Waals surface area (Å²) in [4.78, 5) is 28.8. The minimum absolute atomic E-state index is 0.0212. The zero-order chi connectivity index (χ0) is 23.1. The highest BCUT2D eigenvalue weighted by molar-refractivity contribution is 5.94. The Morgan fingerprint density at radius 3 is 2.56 bits per heavy atom. The normalized spacial score (nSPS) is 10.9. The lowest BCUT2D eigenvalue weighted by atomic mass is 10.0. The Balaban J connectivity index is 1.64. The van der Waals surface area contributed by atoms with Crippen LogP contribution in [0.25, 0.3) is 11.5 Å². The van der Waals surface area contributed by atoms with Gasteiger partial charge in [0.15, 0.2) is 0 Å². The van der Waals surface area contributed by atoms with E-state index in [4.69, 9.17) is 9.15 Å². The standard InChI is InChI=1S/C25H29N3O4/c1-16(2)12-18-8-10-19(11-9-18)24(30)26-14-22-17(3)32-25(28-22)20-6-5-7-21(13-20)27-23(29)15-31-4/h5-11,13,16H,12,14-15H2,1-4H3,(H,26,30)(H,27,29). The molecule has 168 valence electrons. The van der Waals surface area contributed by atoms with Crippen LogP contribution in [0.5, 0.6) is 0 Å². The van der Waals surface area contributed by atoms with Gasteiger partial charge in [-0.3, -0.25) is 9.59 Å². The lowest BCUT2D eigenvalue weighted by Crippen LogP contribution is -2.23. The minimum atomic E-state index is -0.242. The van der Waals surface area contributed by atoms with Crippen molar-refractivity contribution < 1.29 is 18.7 Å². The van der Waals surface area contributed by atoms with Gasteiger partial charge in [-0.05, 0) is 55.2 Å². The maximum absolute atomic E-state index is 12.5. The number of anilines is 1. The van der Waals surface area contributed by atoms with Gasteiger partial charge < -0.3 is 19.8 Å². The predicted octanol–water partition coefficient (Wildman–Crippen LogP) is 4.36. The molecule has 2 amide bonds. The van der Waals surface area contributed by atoms with E-state index >= 15 is 0 Å². The molecule has 3 aromatic rings. The fourth-order valence-electron chi connectivity index (χ4n) is 3.30. The van der Waals surface area contributed by atoms with Crippen LogP contribution in [-0.2, 0) is 22.5 Å². The van der Waals surface area contributed by atoms with Crippen molar-refractivity contribution in [3.63, 3.8) is 0 Å². The molecule has 0 aliphatic carbocycles. The third kappa shape index (κ3) is 6.28. The molecule has 2 aromatic carbocycles. The van der Waals surface area contributed by atoms with E-state index in [9.17, 15) is 9.59 Å². The maximum atomic E-state index is 12.5. The van der Waals surface area contributed by atoms with Crippen LogP contribution in [0.2, 0.25) is 0 Å². The Labute approximate surface area is 188 Å². The Hall–Kier alpha value is -3.45. The molecule has 0 atom stereocenters. The van der Waals surface area contributed by atoms with Crippen LogP contribution in [-0.4, -0.2) is 30.5 Å². The van der Waals surface area contributed by atoms with Crippen LogP contribution < -0.4 is 10.6 Å². The van der Waals surface area contributed by atoms with Gasteiger partial charge in [-0.2, -0.15) is 0 Å². The number of hydrogen-bond donors (Lipinski definition) is 2. The number of nitrogens with zero attached hydrogens (tertiary/aromatic N) is 1. The summed E-state index contributed by atoms with van der Waals surface area (Å²) in [7, 11) is 1.47. The van der Waals surface area contributed by atoms with Crippen LogP contribution in [0.1, 0.15) is 41.2 Å². The van der Waals surface area contributed by atoms with Gasteiger partial charge in [0.05, 0.1) is 6.54 Å². The quantitative estimate of drug-likeness (QED) is 0.521. The van der Waals surface area contributed by atoms with Gasteiger partial charge in [0.1, 0.15) is 18.1 Å². The third-order valence-electron chi connectivity index (χ3n) is 4.84. The van der Waals surface area contributed by atoms with Crippen molar-refractivity contribution in [3.8, 4) is 11.5 Å². The second-order valence-corrected chi connectivity index (χ2v) is 8.06. The smallest absolute Gasteiger partial charge is 0.251 e. The monoisotopic (exact) mass is 435 g/mol. The Morgan fingerprint density at radius 1 is 1.12 bits per heavy atom. The van der Waals surface area contributed by atoms with Gasteiger partial charge in [-0.15, -0.1) is 0 Å². The molecule has 32 heavy (non-hydrogen) atoms. The Morgan fingerprint density at radius 2 is 1.88 bits per heavy atom. The summed E-state index contributed by atoms with van der Waals surface area (Å²) in [6.07, 6.45) is 0.986. The zero-order valence-corrected chi connectivity index (χ0v) is 18.9. The number of hydrogen-bond acceptors (Lipinski definition) is 5. The molecular weight excluding hydrogens is 406 g/mol. The molecule has 0 aliphatic rings. The molecule has 1 heterocycles. The first kappa shape index (κ1) is 23.2. The SMILES string of the molecule is COCC(=O)Nc1cccc(-c2nc(CNC(=O)c3ccc(CC(C)C)cc3)c(C)o2)c1. The third-order valence-corrected chi connectivity index (χ3v) is 4.84. The van der Waals surface area contributed by atoms with E-state index in [1.54, 1.807) is 12.1 Å². The summed E-state index contributed by atoms with van der Waals surface area (Å²) in [6, 6.07) is 14.9. The summed E-state index contributed by atoms with van der Waals surface area (Å²) in [5.74, 6) is 1.22. The highest BCUT2D eigenvalue weighted by Gasteiger charge is 2.14. The molecule has 7 nitrogen and oxygen atoms in total. The zero-order valence-electron chi connectivity index (χ0n) is 18.9. The molecule has 7 heteroatoms. The maximum Gasteiger partial charge on any atom is 0.251 e. The predicted molar refractivity (Wildman–Crippen MR) is 123 cm³/mol. The average Bonchev–Trinajstić information content (AvgIpc) is 3.13. The molecule has 0 saturated heterocycles. The number of ether oxygens (including phenoxy) is 1. The first-order chi connectivity index (χ1) is 15.4. The molecule has 0 unspecified atom stereocenters. The lowest BCUT2D eigenvalue weighted by molar-refractivity contribution is -0.119. The van der Waals surface area contributed by atoms with Crippen molar-refractivity contribution in [2.45, 2.75) is 33.7 Å². The topological polar surface area (TPSA) is 93.5 Å². The molecule has 0 spiro atoms. The second-order valence-electron chi connectivity index (χ2n) is 8.06. The lowest BCUT2D eigenvalue weighted by Gasteiger charge is -2.07. The first-order valence-electron chi connectivity index (χ1n) is 10.6. The highest BCUT2D eigenvalue weighted by Crippen LogP contribution is 2.24. The van der Waals surface area contributed by atoms with Crippen molar-refractivity contribution in [3.05, 3.63) is 71.1 Å². The van der Waals surface area contributed by atoms with Gasteiger partial charge in [0.25, 0.3) is 5.91 Å². The molecule has 3 rings (SSSR count). The molecular formula is C25H29N3O4. The summed E-state index contributed by atoms with van der Waals surface area (Å²) in [5.41, 5.74) is 3.82. The number of oxazole rings is 1. The van der Waals surface area contributed by atoms with Crippen LogP contribution in [0.3, 0.4) is 0 Å². The molecule has 2 N–H and O–H groups in total.